The van der Waals surface area contributed by atoms with E-state index in [4.69, 9.17) is 0 Å². The van der Waals surface area contributed by atoms with Crippen molar-refractivity contribution < 1.29 is 9.59 Å². The molecule has 2 N–H and O–H groups in total. The molecule has 0 bridgehead atoms. The standard InChI is InChI=1S/C24H29N5O2S/c1-6-29-21(17-11-13-19(14-12-17)24(3,4)5)26-28-23(29)32-15-20(30)25-27-22(31)18-9-7-16(2)8-10-18/h7-14H,6,15H2,1-5H3,(H,25,30)(H,27,31). The van der Waals surface area contributed by atoms with E-state index in [1.54, 1.807) is 12.1 Å². The summed E-state index contributed by atoms with van der Waals surface area (Å²) in [5.74, 6) is 0.191. The smallest absolute Gasteiger partial charge is 0.269 e. The molecule has 2 aromatic carbocycles. The second-order valence-electron chi connectivity index (χ2n) is 8.53. The van der Waals surface area contributed by atoms with Crippen LogP contribution in [0.15, 0.2) is 53.7 Å². The summed E-state index contributed by atoms with van der Waals surface area (Å²) in [6, 6.07) is 15.4. The largest absolute Gasteiger partial charge is 0.302 e. The first-order chi connectivity index (χ1) is 15.2. The lowest BCUT2D eigenvalue weighted by Gasteiger charge is -2.19. The molecule has 168 valence electrons. The monoisotopic (exact) mass is 451 g/mol. The summed E-state index contributed by atoms with van der Waals surface area (Å²) < 4.78 is 1.98. The minimum atomic E-state index is -0.360. The average Bonchev–Trinajstić information content (AvgIpc) is 3.19. The lowest BCUT2D eigenvalue weighted by Crippen LogP contribution is -2.42. The van der Waals surface area contributed by atoms with Gasteiger partial charge in [0.1, 0.15) is 0 Å². The third kappa shape index (κ3) is 5.76. The first kappa shape index (κ1) is 23.5. The number of thioether (sulfide) groups is 1. The van der Waals surface area contributed by atoms with Gasteiger partial charge in [0.2, 0.25) is 5.91 Å². The number of hydrazine groups is 1. The van der Waals surface area contributed by atoms with Crippen LogP contribution in [0.3, 0.4) is 0 Å². The molecule has 1 aromatic heterocycles. The molecule has 0 atom stereocenters. The highest BCUT2D eigenvalue weighted by molar-refractivity contribution is 7.99. The van der Waals surface area contributed by atoms with Crippen LogP contribution in [0.4, 0.5) is 0 Å². The average molecular weight is 452 g/mol. The van der Waals surface area contributed by atoms with E-state index < -0.39 is 0 Å². The van der Waals surface area contributed by atoms with E-state index in [1.807, 2.05) is 30.5 Å². The number of aryl methyl sites for hydroxylation is 1. The fourth-order valence-electron chi connectivity index (χ4n) is 3.08. The van der Waals surface area contributed by atoms with Crippen molar-refractivity contribution in [3.05, 3.63) is 65.2 Å². The number of amides is 2. The summed E-state index contributed by atoms with van der Waals surface area (Å²) in [5.41, 5.74) is 8.74. The van der Waals surface area contributed by atoms with Crippen LogP contribution in [0.2, 0.25) is 0 Å². The molecule has 0 fully saturated rings. The lowest BCUT2D eigenvalue weighted by atomic mass is 9.87. The highest BCUT2D eigenvalue weighted by atomic mass is 32.2. The Hall–Kier alpha value is -3.13. The number of nitrogens with zero attached hydrogens (tertiary/aromatic N) is 3. The minimum Gasteiger partial charge on any atom is -0.302 e. The van der Waals surface area contributed by atoms with E-state index in [-0.39, 0.29) is 23.0 Å². The Bertz CT molecular complexity index is 1080. The van der Waals surface area contributed by atoms with Crippen LogP contribution in [0.1, 0.15) is 49.2 Å². The molecule has 3 aromatic rings. The van der Waals surface area contributed by atoms with Gasteiger partial charge in [-0.25, -0.2) is 0 Å². The minimum absolute atomic E-state index is 0.0835. The Kier molecular flexibility index (Phi) is 7.35. The van der Waals surface area contributed by atoms with E-state index in [1.165, 1.54) is 17.3 Å². The van der Waals surface area contributed by atoms with Crippen molar-refractivity contribution in [1.82, 2.24) is 25.6 Å². The summed E-state index contributed by atoms with van der Waals surface area (Å²) >= 11 is 1.28. The molecule has 0 saturated carbocycles. The number of nitrogens with one attached hydrogen (secondary N) is 2. The van der Waals surface area contributed by atoms with Crippen molar-refractivity contribution in [1.29, 1.82) is 0 Å². The van der Waals surface area contributed by atoms with Crippen LogP contribution in [-0.2, 0) is 16.8 Å². The number of rotatable bonds is 6. The Labute approximate surface area is 193 Å². The van der Waals surface area contributed by atoms with Crippen molar-refractivity contribution in [3.63, 3.8) is 0 Å². The van der Waals surface area contributed by atoms with Crippen LogP contribution in [0.25, 0.3) is 11.4 Å². The zero-order valence-electron chi connectivity index (χ0n) is 19.1. The number of hydrogen-bond acceptors (Lipinski definition) is 5. The maximum absolute atomic E-state index is 12.2. The van der Waals surface area contributed by atoms with Crippen LogP contribution in [-0.4, -0.2) is 32.3 Å². The quantitative estimate of drug-likeness (QED) is 0.435. The number of aromatic nitrogens is 3. The van der Waals surface area contributed by atoms with Gasteiger partial charge in [-0.05, 0) is 37.0 Å². The van der Waals surface area contributed by atoms with Gasteiger partial charge in [-0.15, -0.1) is 10.2 Å². The molecule has 0 spiro atoms. The van der Waals surface area contributed by atoms with Crippen molar-refractivity contribution in [2.45, 2.75) is 51.7 Å². The predicted molar refractivity (Wildman–Crippen MR) is 127 cm³/mol. The van der Waals surface area contributed by atoms with E-state index >= 15 is 0 Å². The van der Waals surface area contributed by atoms with Crippen LogP contribution >= 0.6 is 11.8 Å². The van der Waals surface area contributed by atoms with Crippen LogP contribution in [0, 0.1) is 6.92 Å². The molecule has 0 aliphatic rings. The fraction of sp³-hybridized carbons (Fsp3) is 0.333. The van der Waals surface area contributed by atoms with Crippen molar-refractivity contribution in [2.75, 3.05) is 5.75 Å². The molecule has 8 heteroatoms. The third-order valence-electron chi connectivity index (χ3n) is 5.00. The lowest BCUT2D eigenvalue weighted by molar-refractivity contribution is -0.119. The van der Waals surface area contributed by atoms with E-state index in [2.05, 4.69) is 66.1 Å². The van der Waals surface area contributed by atoms with Gasteiger partial charge in [0, 0.05) is 17.7 Å². The predicted octanol–water partition coefficient (Wildman–Crippen LogP) is 4.12. The molecule has 7 nitrogen and oxygen atoms in total. The molecule has 3 rings (SSSR count). The van der Waals surface area contributed by atoms with Gasteiger partial charge < -0.3 is 4.57 Å². The molecule has 0 radical (unpaired) electrons. The Morgan fingerprint density at radius 3 is 2.22 bits per heavy atom. The van der Waals surface area contributed by atoms with Gasteiger partial charge in [0.15, 0.2) is 11.0 Å². The fourth-order valence-corrected chi connectivity index (χ4v) is 3.89. The van der Waals surface area contributed by atoms with E-state index in [0.717, 1.165) is 17.0 Å². The molecule has 0 aliphatic carbocycles. The van der Waals surface area contributed by atoms with Gasteiger partial charge in [-0.3, -0.25) is 20.4 Å². The molecule has 0 unspecified atom stereocenters. The second kappa shape index (κ2) is 9.99. The van der Waals surface area contributed by atoms with Gasteiger partial charge in [0.25, 0.3) is 5.91 Å². The van der Waals surface area contributed by atoms with Crippen molar-refractivity contribution in [2.24, 2.45) is 0 Å². The number of carbonyl (C=O) groups excluding carboxylic acids is 2. The zero-order chi connectivity index (χ0) is 23.3. The summed E-state index contributed by atoms with van der Waals surface area (Å²) in [7, 11) is 0. The Morgan fingerprint density at radius 1 is 0.969 bits per heavy atom. The highest BCUT2D eigenvalue weighted by Gasteiger charge is 2.17. The third-order valence-corrected chi connectivity index (χ3v) is 5.97. The first-order valence-corrected chi connectivity index (χ1v) is 11.5. The molecule has 0 saturated heterocycles. The maximum atomic E-state index is 12.2. The summed E-state index contributed by atoms with van der Waals surface area (Å²) in [4.78, 5) is 24.3. The number of carbonyl (C=O) groups is 2. The summed E-state index contributed by atoms with van der Waals surface area (Å²) in [6.07, 6.45) is 0. The van der Waals surface area contributed by atoms with Crippen molar-refractivity contribution >= 4 is 23.6 Å². The SMILES string of the molecule is CCn1c(SCC(=O)NNC(=O)c2ccc(C)cc2)nnc1-c1ccc(C(C)(C)C)cc1. The Morgan fingerprint density at radius 2 is 1.62 bits per heavy atom. The molecular formula is C24H29N5O2S. The van der Waals surface area contributed by atoms with E-state index in [0.29, 0.717) is 17.3 Å². The number of benzene rings is 2. The maximum Gasteiger partial charge on any atom is 0.269 e. The van der Waals surface area contributed by atoms with E-state index in [9.17, 15) is 9.59 Å². The van der Waals surface area contributed by atoms with Gasteiger partial charge >= 0.3 is 0 Å². The summed E-state index contributed by atoms with van der Waals surface area (Å²) in [5, 5.41) is 9.26. The van der Waals surface area contributed by atoms with Gasteiger partial charge in [-0.1, -0.05) is 74.5 Å². The second-order valence-corrected chi connectivity index (χ2v) is 9.48. The van der Waals surface area contributed by atoms with Crippen LogP contribution in [0.5, 0.6) is 0 Å². The normalized spacial score (nSPS) is 11.3. The zero-order valence-corrected chi connectivity index (χ0v) is 19.9. The topological polar surface area (TPSA) is 88.9 Å². The van der Waals surface area contributed by atoms with Gasteiger partial charge in [0.05, 0.1) is 5.75 Å². The van der Waals surface area contributed by atoms with Crippen LogP contribution < -0.4 is 10.9 Å². The van der Waals surface area contributed by atoms with Crippen molar-refractivity contribution in [3.8, 4) is 11.4 Å². The van der Waals surface area contributed by atoms with Gasteiger partial charge in [-0.2, -0.15) is 0 Å². The molecule has 0 aliphatic heterocycles. The first-order valence-electron chi connectivity index (χ1n) is 10.5. The molecule has 2 amide bonds. The number of hydrogen-bond donors (Lipinski definition) is 2. The molecule has 32 heavy (non-hydrogen) atoms. The highest BCUT2D eigenvalue weighted by Crippen LogP contribution is 2.27. The molecular weight excluding hydrogens is 422 g/mol. The summed E-state index contributed by atoms with van der Waals surface area (Å²) in [6.45, 7) is 11.2. The molecule has 1 heterocycles. The Balaban J connectivity index is 1.59.